The zero-order chi connectivity index (χ0) is 14.1. The van der Waals surface area contributed by atoms with Crippen LogP contribution in [0.5, 0.6) is 0 Å². The van der Waals surface area contributed by atoms with E-state index >= 15 is 0 Å². The summed E-state index contributed by atoms with van der Waals surface area (Å²) >= 11 is 0. The molecule has 102 valence electrons. The van der Waals surface area contributed by atoms with Gasteiger partial charge in [0.15, 0.2) is 0 Å². The van der Waals surface area contributed by atoms with Gasteiger partial charge >= 0.3 is 0 Å². The lowest BCUT2D eigenvalue weighted by molar-refractivity contribution is -0.119. The molecule has 2 aromatic rings. The third kappa shape index (κ3) is 2.16. The number of aryl methyl sites for hydroxylation is 1. The highest BCUT2D eigenvalue weighted by molar-refractivity contribution is 5.97. The van der Waals surface area contributed by atoms with Gasteiger partial charge in [0.05, 0.1) is 6.04 Å². The zero-order valence-corrected chi connectivity index (χ0v) is 11.5. The number of nitrogen functional groups attached to an aromatic ring is 1. The SMILES string of the molecule is C[C@H](c1ccccc1)N1C(=O)CCc2cc(N)ccc21. The van der Waals surface area contributed by atoms with E-state index in [9.17, 15) is 4.79 Å². The van der Waals surface area contributed by atoms with E-state index in [2.05, 4.69) is 19.1 Å². The second-order valence-corrected chi connectivity index (χ2v) is 5.24. The van der Waals surface area contributed by atoms with Crippen LogP contribution >= 0.6 is 0 Å². The average molecular weight is 266 g/mol. The molecule has 0 saturated heterocycles. The molecule has 0 aliphatic carbocycles. The summed E-state index contributed by atoms with van der Waals surface area (Å²) in [5.41, 5.74) is 9.90. The van der Waals surface area contributed by atoms with E-state index < -0.39 is 0 Å². The Hall–Kier alpha value is -2.29. The predicted octanol–water partition coefficient (Wildman–Crippen LogP) is 3.31. The van der Waals surface area contributed by atoms with Gasteiger partial charge in [-0.3, -0.25) is 4.79 Å². The Morgan fingerprint density at radius 1 is 1.10 bits per heavy atom. The topological polar surface area (TPSA) is 46.3 Å². The normalized spacial score (nSPS) is 15.8. The number of amides is 1. The fourth-order valence-corrected chi connectivity index (χ4v) is 2.84. The summed E-state index contributed by atoms with van der Waals surface area (Å²) in [6, 6.07) is 16.0. The number of fused-ring (bicyclic) bond motifs is 1. The number of nitrogens with zero attached hydrogens (tertiary/aromatic N) is 1. The van der Waals surface area contributed by atoms with Gasteiger partial charge in [0.2, 0.25) is 5.91 Å². The molecule has 1 heterocycles. The van der Waals surface area contributed by atoms with E-state index in [1.54, 1.807) is 0 Å². The van der Waals surface area contributed by atoms with Crippen LogP contribution in [-0.4, -0.2) is 5.91 Å². The minimum atomic E-state index is 0.0337. The molecular formula is C17H18N2O. The maximum Gasteiger partial charge on any atom is 0.227 e. The standard InChI is InChI=1S/C17H18N2O/c1-12(13-5-3-2-4-6-13)19-16-9-8-15(18)11-14(16)7-10-17(19)20/h2-6,8-9,11-12H,7,10,18H2,1H3/t12-/m1/s1. The fourth-order valence-electron chi connectivity index (χ4n) is 2.84. The molecule has 0 spiro atoms. The van der Waals surface area contributed by atoms with Gasteiger partial charge in [0, 0.05) is 17.8 Å². The van der Waals surface area contributed by atoms with Gasteiger partial charge in [0.1, 0.15) is 0 Å². The largest absolute Gasteiger partial charge is 0.399 e. The summed E-state index contributed by atoms with van der Waals surface area (Å²) in [4.78, 5) is 14.2. The van der Waals surface area contributed by atoms with Crippen LogP contribution in [0.1, 0.15) is 30.5 Å². The Bertz CT molecular complexity index is 637. The van der Waals surface area contributed by atoms with E-state index in [0.717, 1.165) is 28.9 Å². The summed E-state index contributed by atoms with van der Waals surface area (Å²) < 4.78 is 0. The van der Waals surface area contributed by atoms with Crippen molar-refractivity contribution in [3.8, 4) is 0 Å². The van der Waals surface area contributed by atoms with Crippen LogP contribution in [-0.2, 0) is 11.2 Å². The van der Waals surface area contributed by atoms with E-state index in [1.165, 1.54) is 0 Å². The van der Waals surface area contributed by atoms with Crippen LogP contribution in [0.2, 0.25) is 0 Å². The van der Waals surface area contributed by atoms with E-state index in [4.69, 9.17) is 5.73 Å². The van der Waals surface area contributed by atoms with Crippen molar-refractivity contribution in [3.63, 3.8) is 0 Å². The number of carbonyl (C=O) groups excluding carboxylic acids is 1. The number of benzene rings is 2. The van der Waals surface area contributed by atoms with Crippen LogP contribution in [0.25, 0.3) is 0 Å². The number of hydrogen-bond donors (Lipinski definition) is 1. The number of carbonyl (C=O) groups is 1. The molecule has 0 unspecified atom stereocenters. The van der Waals surface area contributed by atoms with Gasteiger partial charge in [-0.15, -0.1) is 0 Å². The zero-order valence-electron chi connectivity index (χ0n) is 11.5. The molecule has 3 nitrogen and oxygen atoms in total. The maximum absolute atomic E-state index is 12.4. The van der Waals surface area contributed by atoms with Crippen molar-refractivity contribution in [3.05, 3.63) is 59.7 Å². The average Bonchev–Trinajstić information content (AvgIpc) is 2.48. The summed E-state index contributed by atoms with van der Waals surface area (Å²) in [6.45, 7) is 2.07. The van der Waals surface area contributed by atoms with Gasteiger partial charge in [-0.05, 0) is 42.7 Å². The molecule has 0 saturated carbocycles. The quantitative estimate of drug-likeness (QED) is 0.848. The van der Waals surface area contributed by atoms with Crippen molar-refractivity contribution in [2.45, 2.75) is 25.8 Å². The van der Waals surface area contributed by atoms with Gasteiger partial charge < -0.3 is 10.6 Å². The summed E-state index contributed by atoms with van der Waals surface area (Å²) in [5.74, 6) is 0.179. The van der Waals surface area contributed by atoms with Crippen LogP contribution in [0.4, 0.5) is 11.4 Å². The first-order valence-corrected chi connectivity index (χ1v) is 6.92. The first-order valence-electron chi connectivity index (χ1n) is 6.92. The van der Waals surface area contributed by atoms with Crippen LogP contribution in [0.3, 0.4) is 0 Å². The van der Waals surface area contributed by atoms with Crippen LogP contribution < -0.4 is 10.6 Å². The lowest BCUT2D eigenvalue weighted by Gasteiger charge is -2.34. The second-order valence-electron chi connectivity index (χ2n) is 5.24. The third-order valence-electron chi connectivity index (χ3n) is 3.91. The minimum Gasteiger partial charge on any atom is -0.399 e. The highest BCUT2D eigenvalue weighted by atomic mass is 16.2. The molecule has 2 N–H and O–H groups in total. The Kier molecular flexibility index (Phi) is 3.18. The van der Waals surface area contributed by atoms with Crippen LogP contribution in [0, 0.1) is 0 Å². The summed E-state index contributed by atoms with van der Waals surface area (Å²) in [6.07, 6.45) is 1.32. The number of anilines is 2. The van der Waals surface area contributed by atoms with Crippen molar-refractivity contribution in [1.29, 1.82) is 0 Å². The number of rotatable bonds is 2. The molecule has 1 aliphatic heterocycles. The Morgan fingerprint density at radius 2 is 1.85 bits per heavy atom. The van der Waals surface area contributed by atoms with Crippen molar-refractivity contribution >= 4 is 17.3 Å². The third-order valence-corrected chi connectivity index (χ3v) is 3.91. The molecule has 3 rings (SSSR count). The molecule has 0 aromatic heterocycles. The van der Waals surface area contributed by atoms with E-state index in [1.807, 2.05) is 41.3 Å². The molecule has 1 amide bonds. The monoisotopic (exact) mass is 266 g/mol. The lowest BCUT2D eigenvalue weighted by atomic mass is 9.97. The molecule has 2 aromatic carbocycles. The van der Waals surface area contributed by atoms with Crippen molar-refractivity contribution in [2.24, 2.45) is 0 Å². The first kappa shape index (κ1) is 12.7. The van der Waals surface area contributed by atoms with Crippen molar-refractivity contribution in [1.82, 2.24) is 0 Å². The summed E-state index contributed by atoms with van der Waals surface area (Å²) in [5, 5.41) is 0. The van der Waals surface area contributed by atoms with Crippen LogP contribution in [0.15, 0.2) is 48.5 Å². The molecular weight excluding hydrogens is 248 g/mol. The highest BCUT2D eigenvalue weighted by Gasteiger charge is 2.28. The number of nitrogens with two attached hydrogens (primary N) is 1. The van der Waals surface area contributed by atoms with E-state index in [-0.39, 0.29) is 11.9 Å². The number of hydrogen-bond acceptors (Lipinski definition) is 2. The fraction of sp³-hybridized carbons (Fsp3) is 0.235. The smallest absolute Gasteiger partial charge is 0.227 e. The van der Waals surface area contributed by atoms with Gasteiger partial charge in [0.25, 0.3) is 0 Å². The van der Waals surface area contributed by atoms with Gasteiger partial charge in [-0.2, -0.15) is 0 Å². The van der Waals surface area contributed by atoms with Gasteiger partial charge in [-0.25, -0.2) is 0 Å². The molecule has 20 heavy (non-hydrogen) atoms. The summed E-state index contributed by atoms with van der Waals surface area (Å²) in [7, 11) is 0. The van der Waals surface area contributed by atoms with Gasteiger partial charge in [-0.1, -0.05) is 30.3 Å². The highest BCUT2D eigenvalue weighted by Crippen LogP contribution is 2.35. The van der Waals surface area contributed by atoms with Crippen molar-refractivity contribution < 1.29 is 4.79 Å². The molecule has 1 aliphatic rings. The Balaban J connectivity index is 2.03. The molecule has 0 bridgehead atoms. The minimum absolute atomic E-state index is 0.0337. The molecule has 1 atom stereocenters. The maximum atomic E-state index is 12.4. The lowest BCUT2D eigenvalue weighted by Crippen LogP contribution is -2.37. The second kappa shape index (κ2) is 5.00. The first-order chi connectivity index (χ1) is 9.66. The van der Waals surface area contributed by atoms with Crippen molar-refractivity contribution in [2.75, 3.05) is 10.6 Å². The molecule has 3 heteroatoms. The molecule has 0 fully saturated rings. The van der Waals surface area contributed by atoms with E-state index in [0.29, 0.717) is 6.42 Å². The predicted molar refractivity (Wildman–Crippen MR) is 81.5 cm³/mol. The molecule has 0 radical (unpaired) electrons. The Labute approximate surface area is 119 Å². The Morgan fingerprint density at radius 3 is 2.60 bits per heavy atom.